The first-order chi connectivity index (χ1) is 12.7. The van der Waals surface area contributed by atoms with E-state index in [1.807, 2.05) is 6.07 Å². The zero-order valence-corrected chi connectivity index (χ0v) is 14.0. The molecule has 1 heterocycles. The number of nitrogen functional groups attached to an aromatic ring is 1. The first kappa shape index (κ1) is 18.5. The normalized spacial score (nSPS) is 9.62. The number of nitriles is 2. The summed E-state index contributed by atoms with van der Waals surface area (Å²) in [7, 11) is 0. The van der Waals surface area contributed by atoms with Crippen LogP contribution in [0.15, 0.2) is 36.7 Å². The van der Waals surface area contributed by atoms with Gasteiger partial charge in [0, 0.05) is 18.7 Å². The number of hydrogen-bond acceptors (Lipinski definition) is 8. The van der Waals surface area contributed by atoms with E-state index in [9.17, 15) is 4.79 Å². The number of carbonyl (C=O) groups is 1. The topological polar surface area (TPSA) is 144 Å². The maximum absolute atomic E-state index is 12.1. The highest BCUT2D eigenvalue weighted by Gasteiger charge is 2.15. The molecule has 0 bridgehead atoms. The largest absolute Gasteiger partial charge is 0.393 e. The molecule has 2 rings (SSSR count). The lowest BCUT2D eigenvalue weighted by Gasteiger charge is -2.23. The highest BCUT2D eigenvalue weighted by atomic mass is 16.2. The molecule has 0 atom stereocenters. The number of amides is 1. The minimum Gasteiger partial charge on any atom is -0.393 e. The number of nitrogens with one attached hydrogen (secondary N) is 2. The number of rotatable bonds is 8. The van der Waals surface area contributed by atoms with Gasteiger partial charge in [-0.1, -0.05) is 18.2 Å². The van der Waals surface area contributed by atoms with E-state index in [0.717, 1.165) is 0 Å². The second kappa shape index (κ2) is 9.45. The van der Waals surface area contributed by atoms with E-state index in [2.05, 4.69) is 33.0 Å². The van der Waals surface area contributed by atoms with Crippen LogP contribution in [-0.2, 0) is 0 Å². The predicted molar refractivity (Wildman–Crippen MR) is 96.6 cm³/mol. The Kier molecular flexibility index (Phi) is 6.72. The van der Waals surface area contributed by atoms with E-state index in [1.54, 1.807) is 29.2 Å². The lowest BCUT2D eigenvalue weighted by Crippen LogP contribution is -2.31. The number of nitrogens with two attached hydrogens (primary N) is 1. The first-order valence-electron chi connectivity index (χ1n) is 7.88. The van der Waals surface area contributed by atoms with Gasteiger partial charge in [-0.05, 0) is 12.1 Å². The lowest BCUT2D eigenvalue weighted by molar-refractivity contribution is 0.0962. The van der Waals surface area contributed by atoms with Crippen molar-refractivity contribution in [2.24, 2.45) is 0 Å². The molecular weight excluding hydrogens is 332 g/mol. The predicted octanol–water partition coefficient (Wildman–Crippen LogP) is 1.45. The Balaban J connectivity index is 2.13. The lowest BCUT2D eigenvalue weighted by atomic mass is 10.2. The molecule has 0 aliphatic carbocycles. The van der Waals surface area contributed by atoms with E-state index in [-0.39, 0.29) is 30.3 Å². The van der Waals surface area contributed by atoms with Crippen molar-refractivity contribution in [2.75, 3.05) is 29.1 Å². The summed E-state index contributed by atoms with van der Waals surface area (Å²) in [5, 5.41) is 17.6. The van der Waals surface area contributed by atoms with Gasteiger partial charge in [0.15, 0.2) is 11.6 Å². The third-order valence-electron chi connectivity index (χ3n) is 3.48. The molecule has 0 fully saturated rings. The molecule has 0 aliphatic heterocycles. The maximum Gasteiger partial charge on any atom is 0.269 e. The Morgan fingerprint density at radius 2 is 1.77 bits per heavy atom. The van der Waals surface area contributed by atoms with Gasteiger partial charge in [-0.3, -0.25) is 15.6 Å². The molecule has 1 aromatic carbocycles. The molecule has 4 N–H and O–H groups in total. The Morgan fingerprint density at radius 3 is 2.38 bits per heavy atom. The highest BCUT2D eigenvalue weighted by molar-refractivity contribution is 5.95. The molecule has 2 aromatic rings. The van der Waals surface area contributed by atoms with Gasteiger partial charge >= 0.3 is 0 Å². The minimum absolute atomic E-state index is 0.219. The number of nitrogens with zero attached hydrogens (tertiary/aromatic N) is 5. The third kappa shape index (κ3) is 4.82. The van der Waals surface area contributed by atoms with Crippen LogP contribution in [0.2, 0.25) is 0 Å². The second-order valence-corrected chi connectivity index (χ2v) is 5.21. The fourth-order valence-corrected chi connectivity index (χ4v) is 2.21. The van der Waals surface area contributed by atoms with Crippen molar-refractivity contribution in [3.05, 3.63) is 42.2 Å². The Bertz CT molecular complexity index is 807. The summed E-state index contributed by atoms with van der Waals surface area (Å²) >= 11 is 0. The van der Waals surface area contributed by atoms with E-state index < -0.39 is 0 Å². The van der Waals surface area contributed by atoms with Crippen molar-refractivity contribution in [1.82, 2.24) is 15.4 Å². The molecular formula is C17H18N8O. The van der Waals surface area contributed by atoms with Crippen LogP contribution in [0.1, 0.15) is 23.2 Å². The summed E-state index contributed by atoms with van der Waals surface area (Å²) < 4.78 is 0. The standard InChI is InChI=1S/C17H18N8O/c18-8-4-10-25(11-5-9-19)16-14(20)15(21-12-22-16)23-24-17(26)13-6-2-1-3-7-13/h1-3,6-7,12H,4-5,10-11,20H2,(H,24,26)(H,21,22,23). The number of aromatic nitrogens is 2. The molecule has 132 valence electrons. The van der Waals surface area contributed by atoms with Crippen LogP contribution in [0.5, 0.6) is 0 Å². The molecule has 0 saturated heterocycles. The van der Waals surface area contributed by atoms with Crippen LogP contribution in [-0.4, -0.2) is 29.0 Å². The maximum atomic E-state index is 12.1. The summed E-state index contributed by atoms with van der Waals surface area (Å²) in [6.07, 6.45) is 1.83. The van der Waals surface area contributed by atoms with E-state index in [0.29, 0.717) is 24.5 Å². The Morgan fingerprint density at radius 1 is 1.12 bits per heavy atom. The number of carbonyl (C=O) groups excluding carboxylic acids is 1. The summed E-state index contributed by atoms with van der Waals surface area (Å²) in [5.41, 5.74) is 12.0. The van der Waals surface area contributed by atoms with Crippen molar-refractivity contribution in [3.63, 3.8) is 0 Å². The monoisotopic (exact) mass is 350 g/mol. The van der Waals surface area contributed by atoms with Gasteiger partial charge in [-0.2, -0.15) is 10.5 Å². The van der Waals surface area contributed by atoms with Gasteiger partial charge < -0.3 is 10.6 Å². The van der Waals surface area contributed by atoms with Crippen LogP contribution in [0, 0.1) is 22.7 Å². The van der Waals surface area contributed by atoms with Crippen LogP contribution in [0.4, 0.5) is 17.3 Å². The van der Waals surface area contributed by atoms with E-state index in [1.165, 1.54) is 6.33 Å². The first-order valence-corrected chi connectivity index (χ1v) is 7.88. The Labute approximate surface area is 151 Å². The quantitative estimate of drug-likeness (QED) is 0.607. The summed E-state index contributed by atoms with van der Waals surface area (Å²) in [6.45, 7) is 0.768. The number of benzene rings is 1. The molecule has 0 unspecified atom stereocenters. The third-order valence-corrected chi connectivity index (χ3v) is 3.48. The van der Waals surface area contributed by atoms with Crippen molar-refractivity contribution < 1.29 is 4.79 Å². The van der Waals surface area contributed by atoms with Gasteiger partial charge in [0.25, 0.3) is 5.91 Å². The SMILES string of the molecule is N#CCCN(CCC#N)c1ncnc(NNC(=O)c2ccccc2)c1N. The molecule has 0 aliphatic rings. The number of anilines is 3. The minimum atomic E-state index is -0.337. The number of hydrazine groups is 1. The van der Waals surface area contributed by atoms with Crippen molar-refractivity contribution in [3.8, 4) is 12.1 Å². The molecule has 9 heteroatoms. The van der Waals surface area contributed by atoms with Gasteiger partial charge in [-0.25, -0.2) is 9.97 Å². The Hall–Kier alpha value is -3.85. The van der Waals surface area contributed by atoms with Crippen molar-refractivity contribution in [2.45, 2.75) is 12.8 Å². The average Bonchev–Trinajstić information content (AvgIpc) is 2.68. The number of hydrogen-bond donors (Lipinski definition) is 3. The summed E-state index contributed by atoms with van der Waals surface area (Å²) in [4.78, 5) is 22.0. The van der Waals surface area contributed by atoms with Crippen LogP contribution < -0.4 is 21.5 Å². The molecule has 1 amide bonds. The van der Waals surface area contributed by atoms with Gasteiger partial charge in [0.05, 0.1) is 25.0 Å². The van der Waals surface area contributed by atoms with Crippen LogP contribution >= 0.6 is 0 Å². The fraction of sp³-hybridized carbons (Fsp3) is 0.235. The second-order valence-electron chi connectivity index (χ2n) is 5.21. The van der Waals surface area contributed by atoms with Crippen LogP contribution in [0.3, 0.4) is 0 Å². The van der Waals surface area contributed by atoms with E-state index in [4.69, 9.17) is 16.3 Å². The molecule has 0 spiro atoms. The van der Waals surface area contributed by atoms with Crippen molar-refractivity contribution >= 4 is 23.2 Å². The fourth-order valence-electron chi connectivity index (χ4n) is 2.21. The summed E-state index contributed by atoms with van der Waals surface area (Å²) in [5.74, 6) is 0.302. The van der Waals surface area contributed by atoms with Crippen LogP contribution in [0.25, 0.3) is 0 Å². The molecule has 0 saturated carbocycles. The molecule has 26 heavy (non-hydrogen) atoms. The van der Waals surface area contributed by atoms with Gasteiger partial charge in [-0.15, -0.1) is 0 Å². The van der Waals surface area contributed by atoms with Crippen molar-refractivity contribution in [1.29, 1.82) is 10.5 Å². The average molecular weight is 350 g/mol. The van der Waals surface area contributed by atoms with Gasteiger partial charge in [0.2, 0.25) is 0 Å². The molecule has 1 aromatic heterocycles. The van der Waals surface area contributed by atoms with Gasteiger partial charge in [0.1, 0.15) is 12.0 Å². The summed E-state index contributed by atoms with van der Waals surface area (Å²) in [6, 6.07) is 12.8. The molecule has 9 nitrogen and oxygen atoms in total. The highest BCUT2D eigenvalue weighted by Crippen LogP contribution is 2.25. The smallest absolute Gasteiger partial charge is 0.269 e. The zero-order chi connectivity index (χ0) is 18.8. The molecule has 0 radical (unpaired) electrons. The zero-order valence-electron chi connectivity index (χ0n) is 14.0. The van der Waals surface area contributed by atoms with E-state index >= 15 is 0 Å².